The van der Waals surface area contributed by atoms with Crippen LogP contribution in [0, 0.1) is 6.92 Å². The van der Waals surface area contributed by atoms with Gasteiger partial charge in [-0.15, -0.1) is 0 Å². The summed E-state index contributed by atoms with van der Waals surface area (Å²) in [5.74, 6) is 0.863. The summed E-state index contributed by atoms with van der Waals surface area (Å²) in [7, 11) is 0. The molecule has 6 nitrogen and oxygen atoms in total. The quantitative estimate of drug-likeness (QED) is 0.422. The molecule has 1 N–H and O–H groups in total. The maximum absolute atomic E-state index is 12.5. The van der Waals surface area contributed by atoms with Crippen molar-refractivity contribution in [2.24, 2.45) is 0 Å². The smallest absolute Gasteiger partial charge is 0.262 e. The van der Waals surface area contributed by atoms with Crippen LogP contribution in [0.2, 0.25) is 0 Å². The van der Waals surface area contributed by atoms with E-state index in [2.05, 4.69) is 15.3 Å². The van der Waals surface area contributed by atoms with Crippen molar-refractivity contribution >= 4 is 33.6 Å². The largest absolute Gasteiger partial charge is 0.484 e. The summed E-state index contributed by atoms with van der Waals surface area (Å²) in [6.45, 7) is 1.84. The van der Waals surface area contributed by atoms with E-state index >= 15 is 0 Å². The predicted octanol–water partition coefficient (Wildman–Crippen LogP) is 5.37. The van der Waals surface area contributed by atoms with E-state index in [0.717, 1.165) is 21.9 Å². The molecule has 0 aliphatic heterocycles. The van der Waals surface area contributed by atoms with Crippen molar-refractivity contribution in [3.63, 3.8) is 0 Å². The zero-order valence-corrected chi connectivity index (χ0v) is 16.8. The third-order valence-corrected chi connectivity index (χ3v) is 5.01. The number of anilines is 1. The van der Waals surface area contributed by atoms with Crippen LogP contribution in [0.3, 0.4) is 0 Å². The number of aryl methyl sites for hydroxylation is 1. The molecule has 0 aliphatic carbocycles. The molecule has 6 heteroatoms. The molecule has 152 valence electrons. The fourth-order valence-electron chi connectivity index (χ4n) is 3.37. The monoisotopic (exact) mass is 409 g/mol. The molecular formula is C25H19N3O3. The van der Waals surface area contributed by atoms with Crippen molar-refractivity contribution in [2.45, 2.75) is 6.92 Å². The normalized spacial score (nSPS) is 11.0. The molecule has 0 aliphatic rings. The second-order valence-electron chi connectivity index (χ2n) is 7.22. The number of benzene rings is 3. The van der Waals surface area contributed by atoms with E-state index < -0.39 is 0 Å². The topological polar surface area (TPSA) is 77.3 Å². The Bertz CT molecular complexity index is 1370. The van der Waals surface area contributed by atoms with E-state index in [9.17, 15) is 4.79 Å². The molecule has 0 saturated heterocycles. The lowest BCUT2D eigenvalue weighted by Gasteiger charge is -2.11. The van der Waals surface area contributed by atoms with E-state index in [-0.39, 0.29) is 12.5 Å². The predicted molar refractivity (Wildman–Crippen MR) is 120 cm³/mol. The summed E-state index contributed by atoms with van der Waals surface area (Å²) in [5, 5.41) is 5.11. The molecule has 0 spiro atoms. The van der Waals surface area contributed by atoms with Crippen LogP contribution >= 0.6 is 0 Å². The maximum atomic E-state index is 12.5. The van der Waals surface area contributed by atoms with Crippen LogP contribution < -0.4 is 10.1 Å². The summed E-state index contributed by atoms with van der Waals surface area (Å²) < 4.78 is 11.5. The van der Waals surface area contributed by atoms with E-state index in [4.69, 9.17) is 9.15 Å². The lowest BCUT2D eigenvalue weighted by Crippen LogP contribution is -2.20. The number of carbonyl (C=O) groups is 1. The minimum absolute atomic E-state index is 0.0885. The molecule has 5 aromatic rings. The van der Waals surface area contributed by atoms with Crippen molar-refractivity contribution in [2.75, 3.05) is 11.9 Å². The number of nitrogens with zero attached hydrogens (tertiary/aromatic N) is 2. The lowest BCUT2D eigenvalue weighted by atomic mass is 10.1. The first-order valence-corrected chi connectivity index (χ1v) is 9.90. The number of carbonyl (C=O) groups excluding carboxylic acids is 1. The highest BCUT2D eigenvalue weighted by Gasteiger charge is 2.12. The van der Waals surface area contributed by atoms with E-state index in [0.29, 0.717) is 28.6 Å². The van der Waals surface area contributed by atoms with Crippen molar-refractivity contribution in [1.29, 1.82) is 0 Å². The zero-order chi connectivity index (χ0) is 21.2. The summed E-state index contributed by atoms with van der Waals surface area (Å²) in [6.07, 6.45) is 1.67. The van der Waals surface area contributed by atoms with Gasteiger partial charge in [0, 0.05) is 17.4 Å². The lowest BCUT2D eigenvalue weighted by molar-refractivity contribution is -0.118. The van der Waals surface area contributed by atoms with Crippen molar-refractivity contribution in [3.05, 3.63) is 84.6 Å². The SMILES string of the molecule is Cc1ccc(-c2nc3ncccc3o2)cc1NC(=O)COc1ccc2ccccc2c1. The Morgan fingerprint density at radius 3 is 2.74 bits per heavy atom. The van der Waals surface area contributed by atoms with Crippen LogP contribution in [-0.2, 0) is 4.79 Å². The number of ether oxygens (including phenoxy) is 1. The fraction of sp³-hybridized carbons (Fsp3) is 0.0800. The Balaban J connectivity index is 1.30. The third kappa shape index (κ3) is 3.96. The van der Waals surface area contributed by atoms with Gasteiger partial charge in [-0.3, -0.25) is 4.79 Å². The van der Waals surface area contributed by atoms with Gasteiger partial charge in [-0.05, 0) is 59.7 Å². The number of fused-ring (bicyclic) bond motifs is 2. The van der Waals surface area contributed by atoms with Crippen molar-refractivity contribution < 1.29 is 13.9 Å². The van der Waals surface area contributed by atoms with Crippen molar-refractivity contribution in [3.8, 4) is 17.2 Å². The van der Waals surface area contributed by atoms with Crippen LogP contribution in [0.5, 0.6) is 5.75 Å². The molecule has 0 atom stereocenters. The Hall–Kier alpha value is -4.19. The molecule has 5 rings (SSSR count). The maximum Gasteiger partial charge on any atom is 0.262 e. The Morgan fingerprint density at radius 1 is 1.00 bits per heavy atom. The van der Waals surface area contributed by atoms with E-state index in [1.807, 2.05) is 73.7 Å². The number of pyridine rings is 1. The average Bonchev–Trinajstić information content (AvgIpc) is 3.23. The summed E-state index contributed by atoms with van der Waals surface area (Å²) >= 11 is 0. The van der Waals surface area contributed by atoms with E-state index in [1.165, 1.54) is 0 Å². The minimum atomic E-state index is -0.243. The molecule has 3 aromatic carbocycles. The number of hydrogen-bond acceptors (Lipinski definition) is 5. The Labute approximate surface area is 178 Å². The van der Waals surface area contributed by atoms with Gasteiger partial charge in [0.2, 0.25) is 5.89 Å². The third-order valence-electron chi connectivity index (χ3n) is 5.01. The van der Waals surface area contributed by atoms with Crippen LogP contribution in [-0.4, -0.2) is 22.5 Å². The first-order valence-electron chi connectivity index (χ1n) is 9.90. The molecule has 0 bridgehead atoms. The van der Waals surface area contributed by atoms with Gasteiger partial charge >= 0.3 is 0 Å². The van der Waals surface area contributed by atoms with Gasteiger partial charge < -0.3 is 14.5 Å². The van der Waals surface area contributed by atoms with Gasteiger partial charge in [-0.2, -0.15) is 4.98 Å². The molecular weight excluding hydrogens is 390 g/mol. The van der Waals surface area contributed by atoms with Gasteiger partial charge in [0.25, 0.3) is 5.91 Å². The number of amides is 1. The first kappa shape index (κ1) is 18.8. The fourth-order valence-corrected chi connectivity index (χ4v) is 3.37. The van der Waals surface area contributed by atoms with E-state index in [1.54, 1.807) is 12.3 Å². The summed E-state index contributed by atoms with van der Waals surface area (Å²) in [6, 6.07) is 23.1. The molecule has 1 amide bonds. The van der Waals surface area contributed by atoms with Crippen LogP contribution in [0.1, 0.15) is 5.56 Å². The summed E-state index contributed by atoms with van der Waals surface area (Å²) in [4.78, 5) is 21.1. The average molecular weight is 409 g/mol. The zero-order valence-electron chi connectivity index (χ0n) is 16.8. The molecule has 2 heterocycles. The molecule has 0 saturated carbocycles. The molecule has 0 unspecified atom stereocenters. The molecule has 31 heavy (non-hydrogen) atoms. The Kier molecular flexibility index (Phi) is 4.80. The highest BCUT2D eigenvalue weighted by atomic mass is 16.5. The summed E-state index contributed by atoms with van der Waals surface area (Å²) in [5.41, 5.74) is 3.53. The first-order chi connectivity index (χ1) is 15.2. The second-order valence-corrected chi connectivity index (χ2v) is 7.22. The Morgan fingerprint density at radius 2 is 1.87 bits per heavy atom. The van der Waals surface area contributed by atoms with Gasteiger partial charge in [0.05, 0.1) is 0 Å². The van der Waals surface area contributed by atoms with Crippen LogP contribution in [0.4, 0.5) is 5.69 Å². The highest BCUT2D eigenvalue weighted by Crippen LogP contribution is 2.27. The number of rotatable bonds is 5. The minimum Gasteiger partial charge on any atom is -0.484 e. The molecule has 0 radical (unpaired) electrons. The molecule has 2 aromatic heterocycles. The highest BCUT2D eigenvalue weighted by molar-refractivity contribution is 5.93. The molecule has 0 fully saturated rings. The van der Waals surface area contributed by atoms with Gasteiger partial charge in [0.1, 0.15) is 5.75 Å². The van der Waals surface area contributed by atoms with Crippen LogP contribution in [0.15, 0.2) is 83.4 Å². The van der Waals surface area contributed by atoms with Gasteiger partial charge in [0.15, 0.2) is 17.8 Å². The number of oxazole rings is 1. The van der Waals surface area contributed by atoms with Crippen LogP contribution in [0.25, 0.3) is 33.5 Å². The standard InChI is InChI=1S/C25H19N3O3/c1-16-8-9-19(25-28-24-22(31-25)7-4-12-26-24)14-21(16)27-23(29)15-30-20-11-10-17-5-2-3-6-18(17)13-20/h2-14H,15H2,1H3,(H,27,29). The van der Waals surface area contributed by atoms with Gasteiger partial charge in [-0.1, -0.05) is 36.4 Å². The number of hydrogen-bond donors (Lipinski definition) is 1. The number of nitrogens with one attached hydrogen (secondary N) is 1. The van der Waals surface area contributed by atoms with Gasteiger partial charge in [-0.25, -0.2) is 4.98 Å². The second kappa shape index (κ2) is 7.91. The number of aromatic nitrogens is 2. The van der Waals surface area contributed by atoms with Crippen molar-refractivity contribution in [1.82, 2.24) is 9.97 Å².